The molecule has 0 aliphatic heterocycles. The van der Waals surface area contributed by atoms with Crippen molar-refractivity contribution in [3.63, 3.8) is 0 Å². The van der Waals surface area contributed by atoms with Gasteiger partial charge in [0.2, 0.25) is 5.91 Å². The maximum Gasteiger partial charge on any atom is 0.228 e. The van der Waals surface area contributed by atoms with Crippen LogP contribution in [0.25, 0.3) is 0 Å². The molecule has 3 rings (SSSR count). The predicted molar refractivity (Wildman–Crippen MR) is 95.9 cm³/mol. The van der Waals surface area contributed by atoms with Gasteiger partial charge in [-0.15, -0.1) is 0 Å². The highest BCUT2D eigenvalue weighted by atomic mass is 19.1. The molecule has 0 radical (unpaired) electrons. The van der Waals surface area contributed by atoms with E-state index in [4.69, 9.17) is 4.74 Å². The van der Waals surface area contributed by atoms with Crippen molar-refractivity contribution in [2.45, 2.75) is 13.0 Å². The zero-order valence-electron chi connectivity index (χ0n) is 13.9. The van der Waals surface area contributed by atoms with Gasteiger partial charge < -0.3 is 10.1 Å². The number of benzene rings is 3. The van der Waals surface area contributed by atoms with Crippen LogP contribution in [0.2, 0.25) is 0 Å². The summed E-state index contributed by atoms with van der Waals surface area (Å²) in [6.45, 7) is 0.237. The average Bonchev–Trinajstić information content (AvgIpc) is 2.62. The molecule has 26 heavy (non-hydrogen) atoms. The largest absolute Gasteiger partial charge is 0.489 e. The van der Waals surface area contributed by atoms with Gasteiger partial charge in [-0.2, -0.15) is 0 Å². The van der Waals surface area contributed by atoms with Crippen molar-refractivity contribution < 1.29 is 18.3 Å². The number of hydrogen-bond acceptors (Lipinski definition) is 2. The molecule has 0 aromatic heterocycles. The Labute approximate surface area is 150 Å². The third kappa shape index (κ3) is 4.89. The summed E-state index contributed by atoms with van der Waals surface area (Å²) in [5.41, 5.74) is 1.75. The highest BCUT2D eigenvalue weighted by molar-refractivity contribution is 5.92. The molecule has 0 saturated carbocycles. The summed E-state index contributed by atoms with van der Waals surface area (Å²) in [7, 11) is 0. The maximum absolute atomic E-state index is 13.6. The molecule has 0 fully saturated rings. The van der Waals surface area contributed by atoms with Crippen LogP contribution >= 0.6 is 0 Å². The summed E-state index contributed by atoms with van der Waals surface area (Å²) >= 11 is 0. The molecule has 0 saturated heterocycles. The third-order valence-electron chi connectivity index (χ3n) is 3.72. The first-order valence-electron chi connectivity index (χ1n) is 8.11. The molecule has 132 valence electrons. The first kappa shape index (κ1) is 17.6. The van der Waals surface area contributed by atoms with Gasteiger partial charge in [-0.3, -0.25) is 4.79 Å². The molecule has 3 aromatic carbocycles. The molecule has 0 spiro atoms. The van der Waals surface area contributed by atoms with Gasteiger partial charge in [-0.1, -0.05) is 36.4 Å². The van der Waals surface area contributed by atoms with E-state index in [-0.39, 0.29) is 24.8 Å². The molecule has 1 amide bonds. The highest BCUT2D eigenvalue weighted by Crippen LogP contribution is 2.17. The average molecular weight is 353 g/mol. The van der Waals surface area contributed by atoms with E-state index in [1.807, 2.05) is 6.07 Å². The zero-order chi connectivity index (χ0) is 18.4. The third-order valence-corrected chi connectivity index (χ3v) is 3.72. The lowest BCUT2D eigenvalue weighted by Gasteiger charge is -2.09. The lowest BCUT2D eigenvalue weighted by molar-refractivity contribution is -0.115. The normalized spacial score (nSPS) is 10.4. The molecule has 1 N–H and O–H groups in total. The van der Waals surface area contributed by atoms with Crippen molar-refractivity contribution in [2.75, 3.05) is 5.32 Å². The molecular weight excluding hydrogens is 336 g/mol. The number of rotatable bonds is 6. The Bertz CT molecular complexity index is 912. The van der Waals surface area contributed by atoms with Gasteiger partial charge in [0.15, 0.2) is 0 Å². The number of amides is 1. The Morgan fingerprint density at radius 1 is 0.923 bits per heavy atom. The summed E-state index contributed by atoms with van der Waals surface area (Å²) in [4.78, 5) is 12.1. The Kier molecular flexibility index (Phi) is 5.59. The molecule has 0 aliphatic carbocycles. The Morgan fingerprint density at radius 3 is 2.54 bits per heavy atom. The number of ether oxygens (including phenoxy) is 1. The minimum atomic E-state index is -0.403. The number of anilines is 1. The fourth-order valence-electron chi connectivity index (χ4n) is 2.48. The Balaban J connectivity index is 1.60. The number of carbonyl (C=O) groups is 1. The molecule has 3 nitrogen and oxygen atoms in total. The first-order chi connectivity index (χ1) is 12.6. The molecule has 5 heteroatoms. The second kappa shape index (κ2) is 8.25. The van der Waals surface area contributed by atoms with Crippen LogP contribution in [0.1, 0.15) is 11.1 Å². The molecule has 0 unspecified atom stereocenters. The molecule has 3 aromatic rings. The van der Waals surface area contributed by atoms with Crippen molar-refractivity contribution in [1.82, 2.24) is 0 Å². The lowest BCUT2D eigenvalue weighted by Crippen LogP contribution is -2.15. The van der Waals surface area contributed by atoms with Crippen LogP contribution in [-0.4, -0.2) is 5.91 Å². The van der Waals surface area contributed by atoms with Gasteiger partial charge in [-0.25, -0.2) is 8.78 Å². The van der Waals surface area contributed by atoms with Crippen LogP contribution in [0, 0.1) is 11.6 Å². The zero-order valence-corrected chi connectivity index (χ0v) is 13.9. The summed E-state index contributed by atoms with van der Waals surface area (Å²) in [5, 5.41) is 2.74. The van der Waals surface area contributed by atoms with Gasteiger partial charge in [-0.05, 0) is 41.5 Å². The smallest absolute Gasteiger partial charge is 0.228 e. The van der Waals surface area contributed by atoms with Crippen LogP contribution in [0.4, 0.5) is 14.5 Å². The minimum absolute atomic E-state index is 0.0449. The fraction of sp³-hybridized carbons (Fsp3) is 0.0952. The van der Waals surface area contributed by atoms with Crippen molar-refractivity contribution in [3.8, 4) is 5.75 Å². The van der Waals surface area contributed by atoms with Crippen LogP contribution in [0.3, 0.4) is 0 Å². The first-order valence-corrected chi connectivity index (χ1v) is 8.11. The monoisotopic (exact) mass is 353 g/mol. The van der Waals surface area contributed by atoms with E-state index in [1.165, 1.54) is 18.2 Å². The van der Waals surface area contributed by atoms with E-state index in [2.05, 4.69) is 5.32 Å². The van der Waals surface area contributed by atoms with Gasteiger partial charge >= 0.3 is 0 Å². The number of halogens is 2. The highest BCUT2D eigenvalue weighted by Gasteiger charge is 2.08. The summed E-state index contributed by atoms with van der Waals surface area (Å²) in [5.74, 6) is -0.645. The summed E-state index contributed by atoms with van der Waals surface area (Å²) < 4.78 is 32.3. The van der Waals surface area contributed by atoms with Gasteiger partial charge in [0.05, 0.1) is 6.42 Å². The molecule has 0 bridgehead atoms. The standard InChI is InChI=1S/C21H17F2NO2/c22-17-7-4-9-19(13-17)26-14-15-5-3-8-18(11-15)24-21(25)12-16-6-1-2-10-20(16)23/h1-11,13H,12,14H2,(H,24,25). The van der Waals surface area contributed by atoms with Crippen molar-refractivity contribution in [1.29, 1.82) is 0 Å². The molecule has 0 heterocycles. The fourth-order valence-corrected chi connectivity index (χ4v) is 2.48. The van der Waals surface area contributed by atoms with Gasteiger partial charge in [0.1, 0.15) is 24.0 Å². The van der Waals surface area contributed by atoms with E-state index < -0.39 is 5.82 Å². The predicted octanol–water partition coefficient (Wildman–Crippen LogP) is 4.73. The topological polar surface area (TPSA) is 38.3 Å². The summed E-state index contributed by atoms with van der Waals surface area (Å²) in [6, 6.07) is 19.2. The van der Waals surface area contributed by atoms with Gasteiger partial charge in [0.25, 0.3) is 0 Å². The number of hydrogen-bond donors (Lipinski definition) is 1. The number of carbonyl (C=O) groups excluding carboxylic acids is 1. The van der Waals surface area contributed by atoms with Crippen molar-refractivity contribution in [3.05, 3.63) is 95.6 Å². The van der Waals surface area contributed by atoms with Crippen molar-refractivity contribution in [2.24, 2.45) is 0 Å². The van der Waals surface area contributed by atoms with Crippen LogP contribution in [0.15, 0.2) is 72.8 Å². The second-order valence-electron chi connectivity index (χ2n) is 5.76. The molecule has 0 aliphatic rings. The Hall–Kier alpha value is -3.21. The van der Waals surface area contributed by atoms with E-state index in [0.717, 1.165) is 5.56 Å². The van der Waals surface area contributed by atoms with Crippen LogP contribution < -0.4 is 10.1 Å². The van der Waals surface area contributed by atoms with E-state index in [0.29, 0.717) is 17.0 Å². The van der Waals surface area contributed by atoms with E-state index in [9.17, 15) is 13.6 Å². The number of nitrogens with one attached hydrogen (secondary N) is 1. The molecule has 0 atom stereocenters. The minimum Gasteiger partial charge on any atom is -0.489 e. The van der Waals surface area contributed by atoms with Crippen molar-refractivity contribution >= 4 is 11.6 Å². The van der Waals surface area contributed by atoms with E-state index >= 15 is 0 Å². The maximum atomic E-state index is 13.6. The van der Waals surface area contributed by atoms with E-state index in [1.54, 1.807) is 48.5 Å². The SMILES string of the molecule is O=C(Cc1ccccc1F)Nc1cccc(COc2cccc(F)c2)c1. The second-order valence-corrected chi connectivity index (χ2v) is 5.76. The quantitative estimate of drug-likeness (QED) is 0.696. The van der Waals surface area contributed by atoms with Crippen LogP contribution in [-0.2, 0) is 17.8 Å². The molecular formula is C21H17F2NO2. The summed E-state index contributed by atoms with van der Waals surface area (Å²) in [6.07, 6.45) is -0.0449. The van der Waals surface area contributed by atoms with Gasteiger partial charge in [0, 0.05) is 11.8 Å². The van der Waals surface area contributed by atoms with Crippen LogP contribution in [0.5, 0.6) is 5.75 Å². The lowest BCUT2D eigenvalue weighted by atomic mass is 10.1. The Morgan fingerprint density at radius 2 is 1.73 bits per heavy atom.